The van der Waals surface area contributed by atoms with Crippen molar-refractivity contribution in [2.75, 3.05) is 0 Å². The molecule has 0 aliphatic carbocycles. The SMILES string of the molecule is O=[N+]([O-])c1ccc(C(F)(F)F)c(-n2ccn3nc(-c4cccnc4)cc23)c1. The Morgan fingerprint density at radius 2 is 1.93 bits per heavy atom. The molecule has 4 rings (SSSR count). The molecule has 0 aliphatic rings. The zero-order valence-corrected chi connectivity index (χ0v) is 13.5. The Balaban J connectivity index is 1.93. The van der Waals surface area contributed by atoms with Crippen molar-refractivity contribution in [2.45, 2.75) is 6.18 Å². The average molecular weight is 373 g/mol. The van der Waals surface area contributed by atoms with Crippen molar-refractivity contribution in [3.8, 4) is 16.9 Å². The van der Waals surface area contributed by atoms with Gasteiger partial charge in [-0.3, -0.25) is 19.7 Å². The third-order valence-corrected chi connectivity index (χ3v) is 4.03. The molecule has 136 valence electrons. The molecule has 0 saturated carbocycles. The quantitative estimate of drug-likeness (QED) is 0.400. The summed E-state index contributed by atoms with van der Waals surface area (Å²) in [5.74, 6) is 0. The fourth-order valence-corrected chi connectivity index (χ4v) is 2.81. The minimum atomic E-state index is -4.67. The van der Waals surface area contributed by atoms with E-state index in [9.17, 15) is 23.3 Å². The standard InChI is InChI=1S/C17H10F3N5O2/c18-17(19,20)13-4-3-12(25(26)27)8-15(13)23-6-7-24-16(23)9-14(22-24)11-2-1-5-21-10-11/h1-10H. The molecule has 1 aromatic carbocycles. The molecule has 0 fully saturated rings. The van der Waals surface area contributed by atoms with Crippen molar-refractivity contribution in [1.29, 1.82) is 0 Å². The van der Waals surface area contributed by atoms with Gasteiger partial charge in [-0.2, -0.15) is 18.3 Å². The summed E-state index contributed by atoms with van der Waals surface area (Å²) >= 11 is 0. The van der Waals surface area contributed by atoms with Gasteiger partial charge in [0.05, 0.1) is 21.9 Å². The van der Waals surface area contributed by atoms with Crippen LogP contribution in [0.1, 0.15) is 5.56 Å². The number of hydrogen-bond acceptors (Lipinski definition) is 4. The minimum Gasteiger partial charge on any atom is -0.299 e. The van der Waals surface area contributed by atoms with E-state index in [0.717, 1.165) is 12.1 Å². The third-order valence-electron chi connectivity index (χ3n) is 4.03. The summed E-state index contributed by atoms with van der Waals surface area (Å²) < 4.78 is 42.9. The number of pyridine rings is 1. The molecule has 0 radical (unpaired) electrons. The first-order valence-corrected chi connectivity index (χ1v) is 7.68. The summed E-state index contributed by atoms with van der Waals surface area (Å²) in [6.07, 6.45) is 1.37. The van der Waals surface area contributed by atoms with E-state index in [1.54, 1.807) is 30.6 Å². The first-order valence-electron chi connectivity index (χ1n) is 7.68. The zero-order chi connectivity index (χ0) is 19.2. The van der Waals surface area contributed by atoms with E-state index >= 15 is 0 Å². The lowest BCUT2D eigenvalue weighted by Gasteiger charge is -2.13. The number of nitrogens with zero attached hydrogens (tertiary/aromatic N) is 5. The van der Waals surface area contributed by atoms with E-state index in [1.807, 2.05) is 0 Å². The molecule has 0 aliphatic heterocycles. The predicted octanol–water partition coefficient (Wildman–Crippen LogP) is 4.11. The first kappa shape index (κ1) is 16.8. The van der Waals surface area contributed by atoms with Crippen molar-refractivity contribution < 1.29 is 18.1 Å². The fourth-order valence-electron chi connectivity index (χ4n) is 2.81. The van der Waals surface area contributed by atoms with Gasteiger partial charge in [-0.15, -0.1) is 0 Å². The summed E-state index contributed by atoms with van der Waals surface area (Å²) in [5.41, 5.74) is -0.203. The summed E-state index contributed by atoms with van der Waals surface area (Å²) in [6, 6.07) is 7.53. The number of non-ortho nitro benzene ring substituents is 1. The van der Waals surface area contributed by atoms with Gasteiger partial charge in [0.15, 0.2) is 0 Å². The van der Waals surface area contributed by atoms with Crippen molar-refractivity contribution in [3.63, 3.8) is 0 Å². The molecule has 0 N–H and O–H groups in total. The molecule has 0 amide bonds. The molecular weight excluding hydrogens is 363 g/mol. The van der Waals surface area contributed by atoms with E-state index < -0.39 is 22.4 Å². The lowest BCUT2D eigenvalue weighted by Crippen LogP contribution is -2.11. The number of benzene rings is 1. The van der Waals surface area contributed by atoms with Crippen LogP contribution in [0.5, 0.6) is 0 Å². The number of nitro benzene ring substituents is 1. The van der Waals surface area contributed by atoms with E-state index in [0.29, 0.717) is 23.0 Å². The normalized spacial score (nSPS) is 11.8. The maximum absolute atomic E-state index is 13.4. The second-order valence-electron chi connectivity index (χ2n) is 5.70. The van der Waals surface area contributed by atoms with Crippen molar-refractivity contribution in [1.82, 2.24) is 19.2 Å². The molecule has 3 heterocycles. The molecule has 0 spiro atoms. The largest absolute Gasteiger partial charge is 0.418 e. The predicted molar refractivity (Wildman–Crippen MR) is 89.4 cm³/mol. The van der Waals surface area contributed by atoms with Crippen molar-refractivity contribution in [2.24, 2.45) is 0 Å². The Hall–Kier alpha value is -3.69. The van der Waals surface area contributed by atoms with Gasteiger partial charge in [0.1, 0.15) is 5.65 Å². The molecule has 7 nitrogen and oxygen atoms in total. The van der Waals surface area contributed by atoms with Crippen LogP contribution in [0.4, 0.5) is 18.9 Å². The maximum atomic E-state index is 13.4. The highest BCUT2D eigenvalue weighted by Gasteiger charge is 2.35. The molecule has 10 heteroatoms. The number of halogens is 3. The Labute approximate surface area is 149 Å². The number of fused-ring (bicyclic) bond motifs is 1. The molecular formula is C17H10F3N5O2. The van der Waals surface area contributed by atoms with E-state index in [1.165, 1.54) is 21.5 Å². The lowest BCUT2D eigenvalue weighted by molar-refractivity contribution is -0.384. The summed E-state index contributed by atoms with van der Waals surface area (Å²) in [4.78, 5) is 14.3. The molecule has 4 aromatic rings. The van der Waals surface area contributed by atoms with E-state index in [4.69, 9.17) is 0 Å². The van der Waals surface area contributed by atoms with Crippen LogP contribution in [-0.4, -0.2) is 24.1 Å². The lowest BCUT2D eigenvalue weighted by atomic mass is 10.1. The van der Waals surface area contributed by atoms with Gasteiger partial charge in [-0.25, -0.2) is 4.52 Å². The van der Waals surface area contributed by atoms with Crippen molar-refractivity contribution in [3.05, 3.63) is 76.9 Å². The Bertz CT molecular complexity index is 1150. The second kappa shape index (κ2) is 5.94. The molecule has 27 heavy (non-hydrogen) atoms. The second-order valence-corrected chi connectivity index (χ2v) is 5.70. The zero-order valence-electron chi connectivity index (χ0n) is 13.5. The van der Waals surface area contributed by atoms with Gasteiger partial charge in [0, 0.05) is 48.5 Å². The highest BCUT2D eigenvalue weighted by Crippen LogP contribution is 2.36. The molecule has 0 saturated heterocycles. The Morgan fingerprint density at radius 1 is 1.11 bits per heavy atom. The minimum absolute atomic E-state index is 0.333. The van der Waals surface area contributed by atoms with Crippen molar-refractivity contribution >= 4 is 11.3 Å². The topological polar surface area (TPSA) is 78.3 Å². The van der Waals surface area contributed by atoms with Crippen LogP contribution in [0, 0.1) is 10.1 Å². The van der Waals surface area contributed by atoms with E-state index in [2.05, 4.69) is 10.1 Å². The number of rotatable bonds is 3. The van der Waals surface area contributed by atoms with Crippen LogP contribution < -0.4 is 0 Å². The third kappa shape index (κ3) is 2.90. The monoisotopic (exact) mass is 373 g/mol. The first-order chi connectivity index (χ1) is 12.8. The van der Waals surface area contributed by atoms with Crippen LogP contribution in [0.2, 0.25) is 0 Å². The van der Waals surface area contributed by atoms with E-state index in [-0.39, 0.29) is 5.69 Å². The molecule has 0 atom stereocenters. The highest BCUT2D eigenvalue weighted by molar-refractivity contribution is 5.66. The Kier molecular flexibility index (Phi) is 3.69. The summed E-state index contributed by atoms with van der Waals surface area (Å²) in [6.45, 7) is 0. The van der Waals surface area contributed by atoms with Crippen LogP contribution in [0.25, 0.3) is 22.6 Å². The fraction of sp³-hybridized carbons (Fsp3) is 0.0588. The van der Waals surface area contributed by atoms with Gasteiger partial charge in [-0.05, 0) is 18.2 Å². The smallest absolute Gasteiger partial charge is 0.299 e. The highest BCUT2D eigenvalue weighted by atomic mass is 19.4. The van der Waals surface area contributed by atoms with Gasteiger partial charge in [0.25, 0.3) is 5.69 Å². The van der Waals surface area contributed by atoms with Gasteiger partial charge >= 0.3 is 6.18 Å². The maximum Gasteiger partial charge on any atom is 0.418 e. The van der Waals surface area contributed by atoms with Gasteiger partial charge in [-0.1, -0.05) is 0 Å². The van der Waals surface area contributed by atoms with Crippen LogP contribution in [-0.2, 0) is 6.18 Å². The number of alkyl halides is 3. The Morgan fingerprint density at radius 3 is 2.59 bits per heavy atom. The number of hydrogen-bond donors (Lipinski definition) is 0. The van der Waals surface area contributed by atoms with Gasteiger partial charge < -0.3 is 0 Å². The van der Waals surface area contributed by atoms with Crippen LogP contribution in [0.3, 0.4) is 0 Å². The molecule has 0 unspecified atom stereocenters. The average Bonchev–Trinajstić information content (AvgIpc) is 3.21. The van der Waals surface area contributed by atoms with Crippen LogP contribution in [0.15, 0.2) is 61.2 Å². The summed E-state index contributed by atoms with van der Waals surface area (Å²) in [5, 5.41) is 15.3. The number of aromatic nitrogens is 4. The molecule has 0 bridgehead atoms. The number of imidazole rings is 1. The van der Waals surface area contributed by atoms with Crippen LogP contribution >= 0.6 is 0 Å². The number of nitro groups is 1. The van der Waals surface area contributed by atoms with Gasteiger partial charge in [0.2, 0.25) is 0 Å². The summed E-state index contributed by atoms with van der Waals surface area (Å²) in [7, 11) is 0. The molecule has 3 aromatic heterocycles.